The molecule has 6 rings (SSSR count). The highest BCUT2D eigenvalue weighted by atomic mass is 32.2. The molecular weight excluding hydrogens is 436 g/mol. The second-order valence-corrected chi connectivity index (χ2v) is 9.48. The Morgan fingerprint density at radius 2 is 0.970 bits per heavy atom. The van der Waals surface area contributed by atoms with Gasteiger partial charge in [0.2, 0.25) is 21.6 Å². The van der Waals surface area contributed by atoms with Gasteiger partial charge in [0.15, 0.2) is 11.2 Å². The Kier molecular flexibility index (Phi) is 4.38. The molecule has 0 aliphatic carbocycles. The Bertz CT molecular complexity index is 1600. The molecule has 7 heteroatoms. The number of oxazole rings is 2. The van der Waals surface area contributed by atoms with Gasteiger partial charge in [0.25, 0.3) is 0 Å². The van der Waals surface area contributed by atoms with Crippen LogP contribution in [0, 0.1) is 0 Å². The van der Waals surface area contributed by atoms with Crippen LogP contribution in [0.2, 0.25) is 0 Å². The average molecular weight is 452 g/mol. The van der Waals surface area contributed by atoms with Gasteiger partial charge < -0.3 is 8.83 Å². The molecule has 0 N–H and O–H groups in total. The van der Waals surface area contributed by atoms with Crippen molar-refractivity contribution in [3.05, 3.63) is 97.1 Å². The molecule has 33 heavy (non-hydrogen) atoms. The molecule has 0 spiro atoms. The minimum Gasteiger partial charge on any atom is -0.436 e. The minimum atomic E-state index is -3.80. The third-order valence-electron chi connectivity index (χ3n) is 5.38. The Balaban J connectivity index is 1.40. The molecule has 0 amide bonds. The Hall–Kier alpha value is -4.23. The second kappa shape index (κ2) is 7.43. The largest absolute Gasteiger partial charge is 0.436 e. The van der Waals surface area contributed by atoms with E-state index in [4.69, 9.17) is 8.83 Å². The summed E-state index contributed by atoms with van der Waals surface area (Å²) in [6, 6.07) is 28.3. The molecule has 2 heterocycles. The van der Waals surface area contributed by atoms with Crippen LogP contribution >= 0.6 is 0 Å². The quantitative estimate of drug-likeness (QED) is 0.319. The summed E-state index contributed by atoms with van der Waals surface area (Å²) >= 11 is 0. The number of fused-ring (bicyclic) bond motifs is 2. The van der Waals surface area contributed by atoms with Crippen molar-refractivity contribution in [1.82, 2.24) is 9.97 Å². The van der Waals surface area contributed by atoms with Gasteiger partial charge in [-0.25, -0.2) is 18.4 Å². The van der Waals surface area contributed by atoms with Gasteiger partial charge in [0, 0.05) is 11.1 Å². The summed E-state index contributed by atoms with van der Waals surface area (Å²) in [4.78, 5) is 9.23. The molecule has 0 bridgehead atoms. The summed E-state index contributed by atoms with van der Waals surface area (Å²) in [7, 11) is -3.80. The van der Waals surface area contributed by atoms with E-state index in [2.05, 4.69) is 9.97 Å². The van der Waals surface area contributed by atoms with Gasteiger partial charge in [-0.3, -0.25) is 0 Å². The van der Waals surface area contributed by atoms with Crippen LogP contribution in [0.25, 0.3) is 45.1 Å². The lowest BCUT2D eigenvalue weighted by atomic mass is 10.2. The highest BCUT2D eigenvalue weighted by Crippen LogP contribution is 2.31. The van der Waals surface area contributed by atoms with Crippen molar-refractivity contribution >= 4 is 32.0 Å². The fourth-order valence-electron chi connectivity index (χ4n) is 3.69. The monoisotopic (exact) mass is 452 g/mol. The van der Waals surface area contributed by atoms with Crippen LogP contribution in [0.1, 0.15) is 0 Å². The fourth-order valence-corrected chi connectivity index (χ4v) is 4.99. The zero-order valence-corrected chi connectivity index (χ0v) is 18.0. The lowest BCUT2D eigenvalue weighted by Gasteiger charge is -2.04. The van der Waals surface area contributed by atoms with Crippen LogP contribution in [-0.4, -0.2) is 18.4 Å². The topological polar surface area (TPSA) is 86.2 Å². The number of sulfone groups is 1. The van der Waals surface area contributed by atoms with Crippen LogP contribution in [0.5, 0.6) is 0 Å². The Labute approximate surface area is 189 Å². The molecule has 6 aromatic rings. The normalized spacial score (nSPS) is 11.9. The third-order valence-corrected chi connectivity index (χ3v) is 7.13. The first kappa shape index (κ1) is 19.5. The predicted octanol–water partition coefficient (Wildman–Crippen LogP) is 6.14. The van der Waals surface area contributed by atoms with Crippen molar-refractivity contribution in [3.63, 3.8) is 0 Å². The van der Waals surface area contributed by atoms with E-state index in [0.717, 1.165) is 11.1 Å². The van der Waals surface area contributed by atoms with E-state index in [-0.39, 0.29) is 9.79 Å². The van der Waals surface area contributed by atoms with Crippen molar-refractivity contribution in [1.29, 1.82) is 0 Å². The lowest BCUT2D eigenvalue weighted by molar-refractivity contribution is 0.596. The van der Waals surface area contributed by atoms with Gasteiger partial charge in [-0.2, -0.15) is 0 Å². The summed E-state index contributed by atoms with van der Waals surface area (Å²) in [5.41, 5.74) is 3.64. The molecule has 0 atom stereocenters. The van der Waals surface area contributed by atoms with Crippen molar-refractivity contribution < 1.29 is 17.3 Å². The summed E-state index contributed by atoms with van der Waals surface area (Å²) in [5.74, 6) is 0.884. The molecule has 6 nitrogen and oxygen atoms in total. The minimum absolute atomic E-state index is 0.133. The van der Waals surface area contributed by atoms with E-state index in [1.807, 2.05) is 60.7 Å². The molecule has 0 unspecified atom stereocenters. The summed E-state index contributed by atoms with van der Waals surface area (Å²) in [6.07, 6.45) is 0. The smallest absolute Gasteiger partial charge is 0.227 e. The first-order valence-electron chi connectivity index (χ1n) is 10.2. The van der Waals surface area contributed by atoms with Crippen LogP contribution in [-0.2, 0) is 9.84 Å². The van der Waals surface area contributed by atoms with E-state index < -0.39 is 9.84 Å². The van der Waals surface area contributed by atoms with Crippen molar-refractivity contribution in [2.24, 2.45) is 0 Å². The highest BCUT2D eigenvalue weighted by molar-refractivity contribution is 7.91. The number of nitrogens with zero attached hydrogens (tertiary/aromatic N) is 2. The molecule has 0 radical (unpaired) electrons. The van der Waals surface area contributed by atoms with E-state index in [9.17, 15) is 8.42 Å². The van der Waals surface area contributed by atoms with Gasteiger partial charge >= 0.3 is 0 Å². The Morgan fingerprint density at radius 3 is 1.39 bits per heavy atom. The molecule has 0 saturated carbocycles. The molecule has 0 saturated heterocycles. The number of hydrogen-bond acceptors (Lipinski definition) is 6. The molecule has 0 fully saturated rings. The number of rotatable bonds is 4. The van der Waals surface area contributed by atoms with Crippen LogP contribution in [0.3, 0.4) is 0 Å². The number of hydrogen-bond donors (Lipinski definition) is 0. The first-order chi connectivity index (χ1) is 16.1. The maximum Gasteiger partial charge on any atom is 0.227 e. The fraction of sp³-hybridized carbons (Fsp3) is 0. The molecular formula is C26H16N2O4S. The van der Waals surface area contributed by atoms with Crippen LogP contribution < -0.4 is 0 Å². The van der Waals surface area contributed by atoms with E-state index >= 15 is 0 Å². The first-order valence-corrected chi connectivity index (χ1v) is 11.7. The van der Waals surface area contributed by atoms with Gasteiger partial charge in [-0.1, -0.05) is 36.4 Å². The lowest BCUT2D eigenvalue weighted by Crippen LogP contribution is -2.01. The summed E-state index contributed by atoms with van der Waals surface area (Å²) < 4.78 is 38.3. The van der Waals surface area contributed by atoms with Crippen LogP contribution in [0.15, 0.2) is 116 Å². The average Bonchev–Trinajstić information content (AvgIpc) is 3.48. The molecule has 2 aromatic heterocycles. The summed E-state index contributed by atoms with van der Waals surface area (Å²) in [5, 5.41) is 0. The third kappa shape index (κ3) is 3.39. The van der Waals surface area contributed by atoms with Gasteiger partial charge in [-0.15, -0.1) is 0 Å². The van der Waals surface area contributed by atoms with Crippen LogP contribution in [0.4, 0.5) is 0 Å². The number of benzene rings is 4. The number of aromatic nitrogens is 2. The van der Waals surface area contributed by atoms with Gasteiger partial charge in [0.05, 0.1) is 9.79 Å². The molecule has 0 aliphatic heterocycles. The molecule has 0 aliphatic rings. The van der Waals surface area contributed by atoms with Crippen molar-refractivity contribution in [3.8, 4) is 22.9 Å². The molecule has 160 valence electrons. The van der Waals surface area contributed by atoms with E-state index in [1.54, 1.807) is 12.1 Å². The maximum atomic E-state index is 13.4. The van der Waals surface area contributed by atoms with E-state index in [1.165, 1.54) is 24.3 Å². The Morgan fingerprint density at radius 1 is 0.545 bits per heavy atom. The highest BCUT2D eigenvalue weighted by Gasteiger charge is 2.21. The van der Waals surface area contributed by atoms with Crippen molar-refractivity contribution in [2.75, 3.05) is 0 Å². The van der Waals surface area contributed by atoms with Crippen molar-refractivity contribution in [2.45, 2.75) is 9.79 Å². The maximum absolute atomic E-state index is 13.4. The molecule has 4 aromatic carbocycles. The zero-order valence-electron chi connectivity index (χ0n) is 17.2. The SMILES string of the molecule is O=S(=O)(c1ccc2oc(-c3ccccc3)nc2c1)c1ccc2oc(-c3ccccc3)nc2c1. The zero-order chi connectivity index (χ0) is 22.4. The van der Waals surface area contributed by atoms with Gasteiger partial charge in [-0.05, 0) is 60.7 Å². The second-order valence-electron chi connectivity index (χ2n) is 7.53. The van der Waals surface area contributed by atoms with E-state index in [0.29, 0.717) is 34.0 Å². The standard InChI is InChI=1S/C26H16N2O4S/c29-33(30,19-11-13-23-21(15-19)27-25(31-23)17-7-3-1-4-8-17)20-12-14-24-22(16-20)28-26(32-24)18-9-5-2-6-10-18/h1-16H. The van der Waals surface area contributed by atoms with Gasteiger partial charge in [0.1, 0.15) is 11.0 Å². The summed E-state index contributed by atoms with van der Waals surface area (Å²) in [6.45, 7) is 0. The predicted molar refractivity (Wildman–Crippen MR) is 124 cm³/mol.